The number of carbonyl (C=O) groups excluding carboxylic acids is 1. The Morgan fingerprint density at radius 2 is 1.59 bits per heavy atom. The average molecular weight is 396 g/mol. The summed E-state index contributed by atoms with van der Waals surface area (Å²) in [5.74, 6) is 0.317. The maximum atomic E-state index is 13.1. The first-order valence-electron chi connectivity index (χ1n) is 11.1. The Labute approximate surface area is 177 Å². The van der Waals surface area contributed by atoms with Crippen LogP contribution in [0.3, 0.4) is 0 Å². The number of para-hydroxylation sites is 1. The Bertz CT molecular complexity index is 766. The maximum Gasteiger partial charge on any atom is 0.285 e. The van der Waals surface area contributed by atoms with Gasteiger partial charge in [0.15, 0.2) is 6.04 Å². The summed E-state index contributed by atoms with van der Waals surface area (Å²) in [7, 11) is 2.26. The van der Waals surface area contributed by atoms with Crippen molar-refractivity contribution in [3.8, 4) is 0 Å². The number of nitrogens with zero attached hydrogens (tertiary/aromatic N) is 2. The summed E-state index contributed by atoms with van der Waals surface area (Å²) in [6, 6.07) is 16.7. The van der Waals surface area contributed by atoms with E-state index < -0.39 is 0 Å². The standard InChI is InChI=1S/C19H31N2O.C7H8/c1-6-8-14-21(5,7-2)17-12-13-20(19(17)22)18-15(3)10-9-11-16(18)4;1-7-5-3-2-4-6-7/h9-11,17H,6-8,12-14H2,1-5H3;2-6H,1H3/q+1;. The van der Waals surface area contributed by atoms with Gasteiger partial charge in [-0.1, -0.05) is 67.4 Å². The molecule has 1 aliphatic rings. The highest BCUT2D eigenvalue weighted by Crippen LogP contribution is 2.32. The van der Waals surface area contributed by atoms with Crippen molar-refractivity contribution < 1.29 is 9.28 Å². The number of quaternary nitrogens is 1. The van der Waals surface area contributed by atoms with E-state index in [1.165, 1.54) is 29.5 Å². The van der Waals surface area contributed by atoms with Crippen molar-refractivity contribution in [1.29, 1.82) is 0 Å². The van der Waals surface area contributed by atoms with Crippen LogP contribution in [0.2, 0.25) is 0 Å². The van der Waals surface area contributed by atoms with Gasteiger partial charge in [0, 0.05) is 18.7 Å². The quantitative estimate of drug-likeness (QED) is 0.577. The summed E-state index contributed by atoms with van der Waals surface area (Å²) in [6.07, 6.45) is 3.35. The summed E-state index contributed by atoms with van der Waals surface area (Å²) >= 11 is 0. The molecule has 1 heterocycles. The topological polar surface area (TPSA) is 20.3 Å². The first-order chi connectivity index (χ1) is 13.8. The molecule has 2 aromatic rings. The zero-order valence-electron chi connectivity index (χ0n) is 19.2. The van der Waals surface area contributed by atoms with E-state index in [1.54, 1.807) is 0 Å². The van der Waals surface area contributed by atoms with Gasteiger partial charge in [0.1, 0.15) is 0 Å². The second-order valence-corrected chi connectivity index (χ2v) is 8.56. The summed E-state index contributed by atoms with van der Waals surface area (Å²) in [4.78, 5) is 15.1. The van der Waals surface area contributed by atoms with Gasteiger partial charge >= 0.3 is 0 Å². The van der Waals surface area contributed by atoms with Crippen LogP contribution < -0.4 is 4.90 Å². The van der Waals surface area contributed by atoms with E-state index in [0.717, 1.165) is 36.2 Å². The molecule has 2 unspecified atom stereocenters. The molecular formula is C26H39N2O+. The lowest BCUT2D eigenvalue weighted by Crippen LogP contribution is -2.56. The van der Waals surface area contributed by atoms with Crippen LogP contribution in [-0.4, -0.2) is 43.1 Å². The number of hydrogen-bond acceptors (Lipinski definition) is 1. The molecule has 0 radical (unpaired) electrons. The molecule has 1 saturated heterocycles. The number of amides is 1. The molecule has 1 fully saturated rings. The number of hydrogen-bond donors (Lipinski definition) is 0. The van der Waals surface area contributed by atoms with Crippen LogP contribution in [0.4, 0.5) is 5.69 Å². The van der Waals surface area contributed by atoms with Gasteiger partial charge in [-0.2, -0.15) is 0 Å². The van der Waals surface area contributed by atoms with E-state index in [-0.39, 0.29) is 6.04 Å². The fraction of sp³-hybridized carbons (Fsp3) is 0.500. The normalized spacial score (nSPS) is 18.2. The number of likely N-dealkylation sites (N-methyl/N-ethyl adjacent to an activating group) is 1. The highest BCUT2D eigenvalue weighted by atomic mass is 16.2. The van der Waals surface area contributed by atoms with E-state index in [0.29, 0.717) is 5.91 Å². The van der Waals surface area contributed by atoms with Crippen LogP contribution in [0.1, 0.15) is 49.8 Å². The minimum atomic E-state index is 0.121. The highest BCUT2D eigenvalue weighted by Gasteiger charge is 2.44. The molecule has 0 aromatic heterocycles. The van der Waals surface area contributed by atoms with Crippen molar-refractivity contribution in [3.05, 3.63) is 65.2 Å². The van der Waals surface area contributed by atoms with E-state index in [2.05, 4.69) is 72.0 Å². The molecule has 158 valence electrons. The number of benzene rings is 2. The first kappa shape index (κ1) is 23.2. The summed E-state index contributed by atoms with van der Waals surface area (Å²) in [6.45, 7) is 13.7. The van der Waals surface area contributed by atoms with Crippen LogP contribution in [-0.2, 0) is 4.79 Å². The molecule has 1 amide bonds. The summed E-state index contributed by atoms with van der Waals surface area (Å²) in [5.41, 5.74) is 4.86. The van der Waals surface area contributed by atoms with Gasteiger partial charge in [-0.3, -0.25) is 4.79 Å². The van der Waals surface area contributed by atoms with Gasteiger partial charge in [0.25, 0.3) is 5.91 Å². The largest absolute Gasteiger partial charge is 0.316 e. The fourth-order valence-electron chi connectivity index (χ4n) is 4.28. The van der Waals surface area contributed by atoms with Crippen molar-refractivity contribution in [1.82, 2.24) is 0 Å². The van der Waals surface area contributed by atoms with Crippen LogP contribution in [0.25, 0.3) is 0 Å². The van der Waals surface area contributed by atoms with E-state index in [4.69, 9.17) is 0 Å². The Kier molecular flexibility index (Phi) is 8.45. The smallest absolute Gasteiger partial charge is 0.285 e. The lowest BCUT2D eigenvalue weighted by molar-refractivity contribution is -0.922. The first-order valence-corrected chi connectivity index (χ1v) is 11.1. The molecular weight excluding hydrogens is 356 g/mol. The minimum Gasteiger partial charge on any atom is -0.316 e. The van der Waals surface area contributed by atoms with Crippen LogP contribution in [0, 0.1) is 20.8 Å². The molecule has 2 atom stereocenters. The number of carbonyl (C=O) groups is 1. The maximum absolute atomic E-state index is 13.1. The number of aryl methyl sites for hydroxylation is 3. The van der Waals surface area contributed by atoms with E-state index in [1.807, 2.05) is 23.1 Å². The predicted molar refractivity (Wildman–Crippen MR) is 124 cm³/mol. The highest BCUT2D eigenvalue weighted by molar-refractivity contribution is 6.00. The molecule has 3 heteroatoms. The number of rotatable bonds is 6. The molecule has 0 spiro atoms. The molecule has 29 heavy (non-hydrogen) atoms. The monoisotopic (exact) mass is 395 g/mol. The zero-order valence-corrected chi connectivity index (χ0v) is 19.2. The molecule has 0 aliphatic carbocycles. The molecule has 2 aromatic carbocycles. The Morgan fingerprint density at radius 3 is 2.07 bits per heavy atom. The van der Waals surface area contributed by atoms with Gasteiger partial charge in [0.2, 0.25) is 0 Å². The third-order valence-electron chi connectivity index (χ3n) is 6.32. The molecule has 3 nitrogen and oxygen atoms in total. The lowest BCUT2D eigenvalue weighted by atomic mass is 10.1. The lowest BCUT2D eigenvalue weighted by Gasteiger charge is -2.38. The summed E-state index contributed by atoms with van der Waals surface area (Å²) in [5, 5.41) is 0. The second kappa shape index (κ2) is 10.6. The molecule has 3 rings (SSSR count). The minimum absolute atomic E-state index is 0.121. The van der Waals surface area contributed by atoms with E-state index in [9.17, 15) is 4.79 Å². The van der Waals surface area contributed by atoms with Crippen LogP contribution in [0.15, 0.2) is 48.5 Å². The SMILES string of the molecule is CCCC[N+](C)(CC)C1CCN(c2c(C)cccc2C)C1=O.Cc1ccccc1. The van der Waals surface area contributed by atoms with Gasteiger partial charge in [-0.15, -0.1) is 0 Å². The third kappa shape index (κ3) is 5.70. The Morgan fingerprint density at radius 1 is 0.966 bits per heavy atom. The average Bonchev–Trinajstić information content (AvgIpc) is 3.09. The van der Waals surface area contributed by atoms with E-state index >= 15 is 0 Å². The summed E-state index contributed by atoms with van der Waals surface area (Å²) < 4.78 is 0.883. The molecule has 0 N–H and O–H groups in total. The van der Waals surface area contributed by atoms with Gasteiger partial charge < -0.3 is 9.38 Å². The fourth-order valence-corrected chi connectivity index (χ4v) is 4.28. The molecule has 0 saturated carbocycles. The zero-order chi connectivity index (χ0) is 21.4. The van der Waals surface area contributed by atoms with Crippen molar-refractivity contribution >= 4 is 11.6 Å². The van der Waals surface area contributed by atoms with Crippen molar-refractivity contribution in [2.45, 2.75) is 59.9 Å². The molecule has 0 bridgehead atoms. The van der Waals surface area contributed by atoms with Crippen LogP contribution in [0.5, 0.6) is 0 Å². The number of unbranched alkanes of at least 4 members (excludes halogenated alkanes) is 1. The van der Waals surface area contributed by atoms with Gasteiger partial charge in [0.05, 0.1) is 20.1 Å². The second-order valence-electron chi connectivity index (χ2n) is 8.56. The number of anilines is 1. The Hall–Kier alpha value is -2.13. The third-order valence-corrected chi connectivity index (χ3v) is 6.32. The van der Waals surface area contributed by atoms with Crippen molar-refractivity contribution in [2.75, 3.05) is 31.6 Å². The predicted octanol–water partition coefficient (Wildman–Crippen LogP) is 5.67. The van der Waals surface area contributed by atoms with Crippen LogP contribution >= 0.6 is 0 Å². The van der Waals surface area contributed by atoms with Crippen molar-refractivity contribution in [3.63, 3.8) is 0 Å². The molecule has 1 aliphatic heterocycles. The Balaban J connectivity index is 0.000000360. The van der Waals surface area contributed by atoms with Gasteiger partial charge in [-0.05, 0) is 45.2 Å². The van der Waals surface area contributed by atoms with Gasteiger partial charge in [-0.25, -0.2) is 0 Å². The van der Waals surface area contributed by atoms with Crippen molar-refractivity contribution in [2.24, 2.45) is 0 Å².